The van der Waals surface area contributed by atoms with Crippen molar-refractivity contribution in [2.75, 3.05) is 29.9 Å². The number of rotatable bonds is 9. The molecule has 0 radical (unpaired) electrons. The molecule has 4 N–H and O–H groups in total. The van der Waals surface area contributed by atoms with Crippen LogP contribution in [-0.4, -0.2) is 45.8 Å². The maximum atomic E-state index is 11.2. The van der Waals surface area contributed by atoms with Gasteiger partial charge in [0.2, 0.25) is 5.91 Å². The molecule has 0 bridgehead atoms. The van der Waals surface area contributed by atoms with Crippen LogP contribution in [0.2, 0.25) is 0 Å². The van der Waals surface area contributed by atoms with Crippen LogP contribution in [0.25, 0.3) is 22.3 Å². The molecule has 1 aliphatic heterocycles. The summed E-state index contributed by atoms with van der Waals surface area (Å²) in [6.45, 7) is 4.32. The molecule has 9 nitrogen and oxygen atoms in total. The Balaban J connectivity index is 1.43. The number of carbonyl (C=O) groups is 1. The van der Waals surface area contributed by atoms with E-state index in [1.807, 2.05) is 55.5 Å². The lowest BCUT2D eigenvalue weighted by atomic mass is 10.1. The number of amides is 1. The van der Waals surface area contributed by atoms with Crippen LogP contribution in [0.4, 0.5) is 17.3 Å². The van der Waals surface area contributed by atoms with Gasteiger partial charge >= 0.3 is 0 Å². The molecule has 3 heterocycles. The Morgan fingerprint density at radius 1 is 1.14 bits per heavy atom. The molecule has 1 fully saturated rings. The van der Waals surface area contributed by atoms with Crippen molar-refractivity contribution in [3.8, 4) is 17.1 Å². The smallest absolute Gasteiger partial charge is 0.217 e. The summed E-state index contributed by atoms with van der Waals surface area (Å²) < 4.78 is 5.94. The molecule has 5 rings (SSSR count). The average molecular weight is 486 g/mol. The van der Waals surface area contributed by atoms with E-state index in [2.05, 4.69) is 20.4 Å². The van der Waals surface area contributed by atoms with Crippen molar-refractivity contribution in [2.24, 2.45) is 11.7 Å². The molecule has 1 aliphatic rings. The monoisotopic (exact) mass is 485 g/mol. The average Bonchev–Trinajstić information content (AvgIpc) is 3.36. The molecule has 2 aromatic heterocycles. The number of fused-ring (bicyclic) bond motifs is 1. The van der Waals surface area contributed by atoms with E-state index in [0.29, 0.717) is 24.6 Å². The Morgan fingerprint density at radius 2 is 2.00 bits per heavy atom. The van der Waals surface area contributed by atoms with Gasteiger partial charge in [-0.15, -0.1) is 0 Å². The van der Waals surface area contributed by atoms with E-state index in [0.717, 1.165) is 59.7 Å². The fourth-order valence-corrected chi connectivity index (χ4v) is 4.45. The normalized spacial score (nSPS) is 14.5. The van der Waals surface area contributed by atoms with E-state index in [-0.39, 0.29) is 11.8 Å². The first-order valence-electron chi connectivity index (χ1n) is 12.4. The van der Waals surface area contributed by atoms with E-state index in [9.17, 15) is 4.79 Å². The third kappa shape index (κ3) is 5.73. The molecule has 4 aromatic rings. The van der Waals surface area contributed by atoms with Gasteiger partial charge in [-0.3, -0.25) is 9.89 Å². The number of aromatic nitrogens is 4. The Labute approximate surface area is 210 Å². The van der Waals surface area contributed by atoms with Gasteiger partial charge in [0.15, 0.2) is 5.82 Å². The minimum absolute atomic E-state index is 0.0354. The fourth-order valence-electron chi connectivity index (χ4n) is 4.45. The van der Waals surface area contributed by atoms with Crippen molar-refractivity contribution < 1.29 is 9.53 Å². The molecule has 0 aliphatic carbocycles. The second kappa shape index (κ2) is 10.6. The number of aromatic amines is 1. The highest BCUT2D eigenvalue weighted by Crippen LogP contribution is 2.29. The molecule has 2 aromatic carbocycles. The number of nitrogens with two attached hydrogens (primary N) is 1. The van der Waals surface area contributed by atoms with E-state index < -0.39 is 0 Å². The molecule has 186 valence electrons. The topological polar surface area (TPSA) is 122 Å². The highest BCUT2D eigenvalue weighted by molar-refractivity contribution is 5.83. The first kappa shape index (κ1) is 23.6. The molecule has 1 saturated heterocycles. The van der Waals surface area contributed by atoms with Crippen LogP contribution in [0.15, 0.2) is 54.7 Å². The summed E-state index contributed by atoms with van der Waals surface area (Å²) in [6, 6.07) is 15.8. The van der Waals surface area contributed by atoms with Crippen molar-refractivity contribution >= 4 is 34.1 Å². The minimum atomic E-state index is -0.324. The number of piperidine rings is 1. The molecule has 1 atom stereocenters. The minimum Gasteiger partial charge on any atom is -0.493 e. The second-order valence-corrected chi connectivity index (χ2v) is 9.39. The number of anilines is 3. The van der Waals surface area contributed by atoms with Crippen molar-refractivity contribution in [1.29, 1.82) is 0 Å². The Kier molecular flexibility index (Phi) is 6.97. The maximum Gasteiger partial charge on any atom is 0.217 e. The van der Waals surface area contributed by atoms with Gasteiger partial charge in [-0.1, -0.05) is 19.1 Å². The fraction of sp³-hybridized carbons (Fsp3) is 0.333. The number of nitrogens with one attached hydrogen (secondary N) is 2. The van der Waals surface area contributed by atoms with Gasteiger partial charge in [0.05, 0.1) is 18.3 Å². The maximum absolute atomic E-state index is 11.2. The zero-order valence-electron chi connectivity index (χ0n) is 20.4. The highest BCUT2D eigenvalue weighted by Gasteiger charge is 2.16. The lowest BCUT2D eigenvalue weighted by molar-refractivity contribution is -0.119. The number of nitrogens with zero attached hydrogens (tertiary/aromatic N) is 4. The summed E-state index contributed by atoms with van der Waals surface area (Å²) in [5.74, 6) is 2.68. The number of H-pyrrole nitrogens is 1. The summed E-state index contributed by atoms with van der Waals surface area (Å²) in [4.78, 5) is 23.3. The van der Waals surface area contributed by atoms with Gasteiger partial charge in [-0.25, -0.2) is 9.97 Å². The summed E-state index contributed by atoms with van der Waals surface area (Å²) in [6.07, 6.45) is 5.66. The van der Waals surface area contributed by atoms with Gasteiger partial charge in [-0.05, 0) is 55.5 Å². The van der Waals surface area contributed by atoms with Crippen LogP contribution in [0.5, 0.6) is 5.75 Å². The molecule has 9 heteroatoms. The Hall–Kier alpha value is -4.14. The third-order valence-corrected chi connectivity index (χ3v) is 6.28. The van der Waals surface area contributed by atoms with Crippen LogP contribution < -0.4 is 20.7 Å². The quantitative estimate of drug-likeness (QED) is 0.316. The predicted octanol–water partition coefficient (Wildman–Crippen LogP) is 4.64. The number of benzene rings is 2. The van der Waals surface area contributed by atoms with Gasteiger partial charge in [0.1, 0.15) is 17.4 Å². The van der Waals surface area contributed by atoms with E-state index in [1.165, 1.54) is 6.42 Å². The summed E-state index contributed by atoms with van der Waals surface area (Å²) in [5.41, 5.74) is 8.08. The van der Waals surface area contributed by atoms with Crippen molar-refractivity contribution in [3.05, 3.63) is 54.7 Å². The Morgan fingerprint density at radius 3 is 2.83 bits per heavy atom. The van der Waals surface area contributed by atoms with Crippen molar-refractivity contribution in [1.82, 2.24) is 20.2 Å². The van der Waals surface area contributed by atoms with Crippen LogP contribution in [-0.2, 0) is 4.79 Å². The first-order valence-corrected chi connectivity index (χ1v) is 12.4. The van der Waals surface area contributed by atoms with Crippen LogP contribution in [0.3, 0.4) is 0 Å². The number of hydrogen-bond acceptors (Lipinski definition) is 7. The zero-order valence-corrected chi connectivity index (χ0v) is 20.4. The van der Waals surface area contributed by atoms with Gasteiger partial charge in [0, 0.05) is 42.2 Å². The van der Waals surface area contributed by atoms with Gasteiger partial charge in [0.25, 0.3) is 0 Å². The van der Waals surface area contributed by atoms with Crippen LogP contribution in [0, 0.1) is 5.92 Å². The van der Waals surface area contributed by atoms with Crippen LogP contribution >= 0.6 is 0 Å². The predicted molar refractivity (Wildman–Crippen MR) is 141 cm³/mol. The lowest BCUT2D eigenvalue weighted by Crippen LogP contribution is -2.30. The number of hydrogen-bond donors (Lipinski definition) is 3. The standard InChI is InChI=1S/C27H31N7O2/c1-18(12-24(28)35)17-36-22-7-5-6-19(14-22)27-31-25(15-26(32-27)34-10-3-2-4-11-34)30-21-8-9-23-20(13-21)16-29-33-23/h5-9,13-16,18H,2-4,10-12,17H2,1H3,(H2,28,35)(H,29,33)(H,30,31,32). The lowest BCUT2D eigenvalue weighted by Gasteiger charge is -2.28. The van der Waals surface area contributed by atoms with E-state index in [1.54, 1.807) is 6.20 Å². The molecule has 0 saturated carbocycles. The zero-order chi connectivity index (χ0) is 24.9. The van der Waals surface area contributed by atoms with E-state index >= 15 is 0 Å². The SMILES string of the molecule is CC(COc1cccc(-c2nc(Nc3ccc4[nH]ncc4c3)cc(N3CCCCC3)n2)c1)CC(N)=O. The molecule has 1 amide bonds. The number of carbonyl (C=O) groups excluding carboxylic acids is 1. The summed E-state index contributed by atoms with van der Waals surface area (Å²) >= 11 is 0. The van der Waals surface area contributed by atoms with E-state index in [4.69, 9.17) is 20.4 Å². The van der Waals surface area contributed by atoms with Crippen molar-refractivity contribution in [3.63, 3.8) is 0 Å². The number of primary amides is 1. The highest BCUT2D eigenvalue weighted by atomic mass is 16.5. The van der Waals surface area contributed by atoms with Crippen LogP contribution in [0.1, 0.15) is 32.6 Å². The van der Waals surface area contributed by atoms with Gasteiger partial charge in [-0.2, -0.15) is 5.10 Å². The molecular formula is C27H31N7O2. The van der Waals surface area contributed by atoms with Crippen molar-refractivity contribution in [2.45, 2.75) is 32.6 Å². The molecule has 0 spiro atoms. The molecule has 36 heavy (non-hydrogen) atoms. The molecular weight excluding hydrogens is 454 g/mol. The summed E-state index contributed by atoms with van der Waals surface area (Å²) in [7, 11) is 0. The number of ether oxygens (including phenoxy) is 1. The molecule has 1 unspecified atom stereocenters. The summed E-state index contributed by atoms with van der Waals surface area (Å²) in [5, 5.41) is 11.6. The Bertz CT molecular complexity index is 1350. The largest absolute Gasteiger partial charge is 0.493 e. The second-order valence-electron chi connectivity index (χ2n) is 9.39. The van der Waals surface area contributed by atoms with Gasteiger partial charge < -0.3 is 20.7 Å². The first-order chi connectivity index (χ1) is 17.5. The third-order valence-electron chi connectivity index (χ3n) is 6.28.